The summed E-state index contributed by atoms with van der Waals surface area (Å²) in [5, 5.41) is 5.45. The lowest BCUT2D eigenvalue weighted by Gasteiger charge is -2.09. The van der Waals surface area contributed by atoms with Gasteiger partial charge in [-0.05, 0) is 36.4 Å². The molecule has 29 heavy (non-hydrogen) atoms. The molecular formula is C17H10F6N4O2. The van der Waals surface area contributed by atoms with Crippen molar-refractivity contribution in [2.75, 3.05) is 5.32 Å². The van der Waals surface area contributed by atoms with Gasteiger partial charge in [-0.1, -0.05) is 0 Å². The van der Waals surface area contributed by atoms with Gasteiger partial charge in [0.15, 0.2) is 5.69 Å². The van der Waals surface area contributed by atoms with Gasteiger partial charge in [0.1, 0.15) is 5.69 Å². The molecule has 1 amide bonds. The fourth-order valence-corrected chi connectivity index (χ4v) is 2.32. The van der Waals surface area contributed by atoms with E-state index in [9.17, 15) is 35.9 Å². The Balaban J connectivity index is 1.80. The number of carbonyl (C=O) groups is 1. The predicted octanol–water partition coefficient (Wildman–Crippen LogP) is 3.85. The molecule has 0 spiro atoms. The Kier molecular flexibility index (Phi) is 4.95. The Hall–Kier alpha value is -3.57. The number of carbonyl (C=O) groups excluding carboxylic acids is 1. The average molecular weight is 416 g/mol. The van der Waals surface area contributed by atoms with Crippen LogP contribution >= 0.6 is 0 Å². The summed E-state index contributed by atoms with van der Waals surface area (Å²) in [7, 11) is 0. The first kappa shape index (κ1) is 20.2. The number of pyridine rings is 1. The molecule has 2 heterocycles. The number of anilines is 1. The molecule has 0 aliphatic rings. The lowest BCUT2D eigenvalue weighted by molar-refractivity contribution is -0.141. The maximum absolute atomic E-state index is 12.7. The summed E-state index contributed by atoms with van der Waals surface area (Å²) in [6.07, 6.45) is -7.76. The molecule has 0 radical (unpaired) electrons. The number of nitrogens with zero attached hydrogens (tertiary/aromatic N) is 2. The maximum atomic E-state index is 12.7. The number of hydrogen-bond acceptors (Lipinski definition) is 3. The quantitative estimate of drug-likeness (QED) is 0.637. The molecule has 0 saturated heterocycles. The lowest BCUT2D eigenvalue weighted by atomic mass is 10.2. The minimum Gasteiger partial charge on any atom is -0.327 e. The summed E-state index contributed by atoms with van der Waals surface area (Å²) >= 11 is 0. The van der Waals surface area contributed by atoms with E-state index in [0.717, 1.165) is 16.9 Å². The smallest absolute Gasteiger partial charge is 0.327 e. The third-order valence-electron chi connectivity index (χ3n) is 3.75. The Labute approximate surface area is 157 Å². The summed E-state index contributed by atoms with van der Waals surface area (Å²) in [5.74, 6) is -0.877. The van der Waals surface area contributed by atoms with Crippen LogP contribution in [0.2, 0.25) is 0 Å². The Morgan fingerprint density at radius 1 is 1.00 bits per heavy atom. The highest BCUT2D eigenvalue weighted by atomic mass is 19.4. The zero-order chi connectivity index (χ0) is 21.4. The van der Waals surface area contributed by atoms with Gasteiger partial charge >= 0.3 is 12.4 Å². The van der Waals surface area contributed by atoms with Crippen molar-refractivity contribution in [2.24, 2.45) is 0 Å². The number of hydrogen-bond donors (Lipinski definition) is 2. The number of H-pyrrole nitrogens is 1. The largest absolute Gasteiger partial charge is 0.435 e. The highest BCUT2D eigenvalue weighted by Gasteiger charge is 2.33. The second-order valence-corrected chi connectivity index (χ2v) is 5.77. The van der Waals surface area contributed by atoms with Crippen molar-refractivity contribution in [3.05, 3.63) is 76.0 Å². The summed E-state index contributed by atoms with van der Waals surface area (Å²) < 4.78 is 76.9. The molecule has 12 heteroatoms. The van der Waals surface area contributed by atoms with Gasteiger partial charge in [-0.15, -0.1) is 0 Å². The predicted molar refractivity (Wildman–Crippen MR) is 88.6 cm³/mol. The van der Waals surface area contributed by atoms with Crippen LogP contribution in [-0.4, -0.2) is 20.7 Å². The van der Waals surface area contributed by atoms with Crippen LogP contribution in [0.4, 0.5) is 32.0 Å². The number of amides is 1. The first-order chi connectivity index (χ1) is 13.4. The van der Waals surface area contributed by atoms with Gasteiger partial charge in [0.2, 0.25) is 0 Å². The number of aromatic amines is 1. The number of nitrogens with one attached hydrogen (secondary N) is 2. The molecule has 0 unspecified atom stereocenters. The highest BCUT2D eigenvalue weighted by Crippen LogP contribution is 2.29. The molecular weight excluding hydrogens is 406 g/mol. The van der Waals surface area contributed by atoms with Gasteiger partial charge in [-0.25, -0.2) is 4.68 Å². The molecule has 1 aromatic carbocycles. The lowest BCUT2D eigenvalue weighted by Crippen LogP contribution is -2.21. The van der Waals surface area contributed by atoms with Crippen LogP contribution in [0.1, 0.15) is 21.6 Å². The molecule has 2 N–H and O–H groups in total. The minimum atomic E-state index is -4.72. The van der Waals surface area contributed by atoms with Gasteiger partial charge in [0, 0.05) is 18.0 Å². The number of halogens is 6. The van der Waals surface area contributed by atoms with Crippen molar-refractivity contribution in [2.45, 2.75) is 12.4 Å². The first-order valence-corrected chi connectivity index (χ1v) is 7.80. The van der Waals surface area contributed by atoms with Crippen molar-refractivity contribution in [1.29, 1.82) is 0 Å². The number of benzene rings is 1. The van der Waals surface area contributed by atoms with Crippen LogP contribution in [0.25, 0.3) is 5.69 Å². The van der Waals surface area contributed by atoms with Gasteiger partial charge < -0.3 is 10.3 Å². The van der Waals surface area contributed by atoms with Gasteiger partial charge in [-0.2, -0.15) is 31.4 Å². The molecule has 0 fully saturated rings. The van der Waals surface area contributed by atoms with E-state index in [0.29, 0.717) is 12.3 Å². The standard InChI is InChI=1S/C17H10F6N4O2/c18-16(19,20)10-7-12(15(29)24-8-10)25-14(28)9-1-3-11(4-2-9)27-6-5-13(26-27)17(21,22)23/h1-8H,(H,24,29)(H,25,28). The molecule has 3 aromatic rings. The molecule has 3 rings (SSSR count). The highest BCUT2D eigenvalue weighted by molar-refractivity contribution is 6.04. The summed E-state index contributed by atoms with van der Waals surface area (Å²) in [6, 6.07) is 6.30. The normalized spacial score (nSPS) is 12.1. The van der Waals surface area contributed by atoms with E-state index in [1.807, 2.05) is 4.98 Å². The van der Waals surface area contributed by atoms with Crippen LogP contribution in [0.3, 0.4) is 0 Å². The minimum absolute atomic E-state index is 0.0336. The van der Waals surface area contributed by atoms with Crippen molar-refractivity contribution >= 4 is 11.6 Å². The van der Waals surface area contributed by atoms with Crippen molar-refractivity contribution in [1.82, 2.24) is 14.8 Å². The van der Waals surface area contributed by atoms with Crippen LogP contribution in [0.15, 0.2) is 53.6 Å². The number of rotatable bonds is 3. The van der Waals surface area contributed by atoms with E-state index < -0.39 is 40.8 Å². The van der Waals surface area contributed by atoms with E-state index in [-0.39, 0.29) is 11.3 Å². The third-order valence-corrected chi connectivity index (χ3v) is 3.75. The van der Waals surface area contributed by atoms with E-state index in [1.54, 1.807) is 0 Å². The van der Waals surface area contributed by atoms with Crippen molar-refractivity contribution < 1.29 is 31.1 Å². The fourth-order valence-electron chi connectivity index (χ4n) is 2.32. The molecule has 0 saturated carbocycles. The molecule has 0 atom stereocenters. The SMILES string of the molecule is O=C(Nc1cc(C(F)(F)F)c[nH]c1=O)c1ccc(-n2ccc(C(F)(F)F)n2)cc1. The van der Waals surface area contributed by atoms with E-state index in [1.165, 1.54) is 24.3 Å². The molecule has 0 aliphatic carbocycles. The van der Waals surface area contributed by atoms with Crippen LogP contribution < -0.4 is 10.9 Å². The zero-order valence-electron chi connectivity index (χ0n) is 14.1. The number of alkyl halides is 6. The summed E-state index contributed by atoms with van der Waals surface area (Å²) in [6.45, 7) is 0. The van der Waals surface area contributed by atoms with Gasteiger partial charge in [-0.3, -0.25) is 9.59 Å². The molecule has 6 nitrogen and oxygen atoms in total. The van der Waals surface area contributed by atoms with Crippen molar-refractivity contribution in [3.63, 3.8) is 0 Å². The Bertz CT molecular complexity index is 1100. The van der Waals surface area contributed by atoms with E-state index in [2.05, 4.69) is 10.4 Å². The molecule has 0 bridgehead atoms. The first-order valence-electron chi connectivity index (χ1n) is 7.80. The Morgan fingerprint density at radius 3 is 2.21 bits per heavy atom. The summed E-state index contributed by atoms with van der Waals surface area (Å²) in [4.78, 5) is 25.7. The second-order valence-electron chi connectivity index (χ2n) is 5.77. The monoisotopic (exact) mass is 416 g/mol. The molecule has 2 aromatic heterocycles. The molecule has 152 valence electrons. The van der Waals surface area contributed by atoms with Crippen molar-refractivity contribution in [3.8, 4) is 5.69 Å². The maximum Gasteiger partial charge on any atom is 0.435 e. The number of aromatic nitrogens is 3. The van der Waals surface area contributed by atoms with Crippen LogP contribution in [0.5, 0.6) is 0 Å². The fraction of sp³-hybridized carbons (Fsp3) is 0.118. The second kappa shape index (κ2) is 7.11. The molecule has 0 aliphatic heterocycles. The topological polar surface area (TPSA) is 79.8 Å². The van der Waals surface area contributed by atoms with Gasteiger partial charge in [0.05, 0.1) is 11.3 Å². The third kappa shape index (κ3) is 4.47. The Morgan fingerprint density at radius 2 is 1.66 bits per heavy atom. The van der Waals surface area contributed by atoms with E-state index >= 15 is 0 Å². The van der Waals surface area contributed by atoms with Gasteiger partial charge in [0.25, 0.3) is 11.5 Å². The average Bonchev–Trinajstić information content (AvgIpc) is 3.13. The van der Waals surface area contributed by atoms with E-state index in [4.69, 9.17) is 0 Å². The van der Waals surface area contributed by atoms with Crippen LogP contribution in [0, 0.1) is 0 Å². The van der Waals surface area contributed by atoms with Crippen LogP contribution in [-0.2, 0) is 12.4 Å². The summed E-state index contributed by atoms with van der Waals surface area (Å²) in [5.41, 5.74) is -3.59. The zero-order valence-corrected chi connectivity index (χ0v) is 14.1.